The molecule has 0 bridgehead atoms. The predicted octanol–water partition coefficient (Wildman–Crippen LogP) is 4.27. The lowest BCUT2D eigenvalue weighted by Crippen LogP contribution is -2.56. The molecular weight excluding hydrogens is 398 g/mol. The summed E-state index contributed by atoms with van der Waals surface area (Å²) in [5.74, 6) is -6.47. The van der Waals surface area contributed by atoms with Crippen molar-refractivity contribution in [1.82, 2.24) is 15.8 Å². The maximum absolute atomic E-state index is 14.4. The quantitative estimate of drug-likeness (QED) is 0.374. The van der Waals surface area contributed by atoms with Crippen LogP contribution in [0.25, 0.3) is 0 Å². The number of hydrogen-bond acceptors (Lipinski definition) is 3. The van der Waals surface area contributed by atoms with Gasteiger partial charge in [0.15, 0.2) is 28.8 Å². The number of nitrogens with one attached hydrogen (secondary N) is 2. The summed E-state index contributed by atoms with van der Waals surface area (Å²) in [6.45, 7) is 2.89. The number of amides is 1. The van der Waals surface area contributed by atoms with Gasteiger partial charge in [-0.05, 0) is 19.3 Å². The summed E-state index contributed by atoms with van der Waals surface area (Å²) >= 11 is 6.13. The molecule has 1 unspecified atom stereocenters. The number of nitrogens with zero attached hydrogens (tertiary/aromatic N) is 1. The lowest BCUT2D eigenvalue weighted by atomic mass is 9.96. The van der Waals surface area contributed by atoms with Crippen molar-refractivity contribution in [2.75, 3.05) is 7.05 Å². The fraction of sp³-hybridized carbons (Fsp3) is 0.526. The van der Waals surface area contributed by atoms with Crippen LogP contribution in [0.4, 0.5) is 17.6 Å². The Hall–Kier alpha value is -1.80. The summed E-state index contributed by atoms with van der Waals surface area (Å²) in [4.78, 5) is 12.6. The van der Waals surface area contributed by atoms with E-state index in [-0.39, 0.29) is 17.9 Å². The minimum atomic E-state index is -1.49. The Bertz CT molecular complexity index is 758. The van der Waals surface area contributed by atoms with Gasteiger partial charge in [0.1, 0.15) is 0 Å². The Labute approximate surface area is 166 Å². The second-order valence-corrected chi connectivity index (χ2v) is 7.22. The van der Waals surface area contributed by atoms with Crippen molar-refractivity contribution in [1.29, 1.82) is 0 Å². The topological polar surface area (TPSA) is 44.4 Å². The summed E-state index contributed by atoms with van der Waals surface area (Å²) in [6.07, 6.45) is 3.56. The van der Waals surface area contributed by atoms with Crippen molar-refractivity contribution in [3.8, 4) is 0 Å². The van der Waals surface area contributed by atoms with Crippen LogP contribution >= 0.6 is 11.6 Å². The molecule has 9 heteroatoms. The first-order valence-electron chi connectivity index (χ1n) is 9.20. The number of hydrogen-bond donors (Lipinski definition) is 2. The minimum absolute atomic E-state index is 0.0956. The Kier molecular flexibility index (Phi) is 7.33. The smallest absolute Gasteiger partial charge is 0.247 e. The van der Waals surface area contributed by atoms with E-state index >= 15 is 0 Å². The van der Waals surface area contributed by atoms with Crippen LogP contribution < -0.4 is 10.7 Å². The number of carbonyl (C=O) groups is 1. The first-order chi connectivity index (χ1) is 13.2. The van der Waals surface area contributed by atoms with Crippen LogP contribution in [-0.4, -0.2) is 23.5 Å². The summed E-state index contributed by atoms with van der Waals surface area (Å²) in [7, 11) is 1.63. The molecule has 1 aromatic carbocycles. The highest BCUT2D eigenvalue weighted by Gasteiger charge is 2.44. The van der Waals surface area contributed by atoms with E-state index in [1.54, 1.807) is 14.0 Å². The molecular formula is C19H24ClF4N3O. The predicted molar refractivity (Wildman–Crippen MR) is 99.2 cm³/mol. The molecule has 0 fully saturated rings. The fourth-order valence-corrected chi connectivity index (χ4v) is 3.61. The lowest BCUT2D eigenvalue weighted by Gasteiger charge is -2.29. The largest absolute Gasteiger partial charge is 0.350 e. The van der Waals surface area contributed by atoms with E-state index in [4.69, 9.17) is 11.6 Å². The Morgan fingerprint density at radius 3 is 2.14 bits per heavy atom. The molecule has 2 rings (SSSR count). The van der Waals surface area contributed by atoms with Crippen LogP contribution in [0.15, 0.2) is 11.2 Å². The van der Waals surface area contributed by atoms with Crippen LogP contribution in [-0.2, 0) is 17.8 Å². The third kappa shape index (κ3) is 4.12. The number of halogens is 5. The number of unbranched alkanes of at least 4 members (excludes halogenated alkanes) is 2. The molecule has 2 N–H and O–H groups in total. The molecule has 156 valence electrons. The highest BCUT2D eigenvalue weighted by Crippen LogP contribution is 2.31. The Morgan fingerprint density at radius 1 is 1.11 bits per heavy atom. The van der Waals surface area contributed by atoms with E-state index in [9.17, 15) is 22.4 Å². The van der Waals surface area contributed by atoms with Gasteiger partial charge in [0.2, 0.25) is 5.91 Å². The molecule has 1 aromatic rings. The second-order valence-electron chi connectivity index (χ2n) is 6.81. The molecule has 1 atom stereocenters. The van der Waals surface area contributed by atoms with Gasteiger partial charge in [-0.15, -0.1) is 0 Å². The fourth-order valence-electron chi connectivity index (χ4n) is 3.20. The Morgan fingerprint density at radius 2 is 1.68 bits per heavy atom. The molecule has 1 aliphatic rings. The molecule has 0 saturated heterocycles. The molecule has 1 amide bonds. The van der Waals surface area contributed by atoms with E-state index in [1.165, 1.54) is 11.2 Å². The molecule has 1 aliphatic heterocycles. The van der Waals surface area contributed by atoms with Crippen LogP contribution in [0.1, 0.15) is 50.7 Å². The molecule has 28 heavy (non-hydrogen) atoms. The monoisotopic (exact) mass is 421 g/mol. The van der Waals surface area contributed by atoms with Gasteiger partial charge in [-0.25, -0.2) is 23.0 Å². The zero-order valence-corrected chi connectivity index (χ0v) is 16.8. The molecule has 0 aromatic heterocycles. The van der Waals surface area contributed by atoms with Crippen LogP contribution in [0.5, 0.6) is 0 Å². The SMILES string of the molecule is CCCCCc1c(F)c(F)c(CNC(=O)C2(CC)NN(C)C=C2Cl)c(F)c1F. The zero-order chi connectivity index (χ0) is 21.1. The van der Waals surface area contributed by atoms with Crippen molar-refractivity contribution >= 4 is 17.5 Å². The van der Waals surface area contributed by atoms with Crippen molar-refractivity contribution in [3.05, 3.63) is 45.6 Å². The van der Waals surface area contributed by atoms with Crippen molar-refractivity contribution in [2.24, 2.45) is 0 Å². The van der Waals surface area contributed by atoms with Gasteiger partial charge in [-0.2, -0.15) is 0 Å². The van der Waals surface area contributed by atoms with Crippen molar-refractivity contribution < 1.29 is 22.4 Å². The van der Waals surface area contributed by atoms with E-state index in [0.29, 0.717) is 12.8 Å². The molecule has 0 spiro atoms. The molecule has 4 nitrogen and oxygen atoms in total. The first-order valence-corrected chi connectivity index (χ1v) is 9.57. The van der Waals surface area contributed by atoms with E-state index in [0.717, 1.165) is 6.42 Å². The van der Waals surface area contributed by atoms with Gasteiger partial charge < -0.3 is 10.3 Å². The average molecular weight is 422 g/mol. The van der Waals surface area contributed by atoms with Crippen molar-refractivity contribution in [2.45, 2.75) is 58.0 Å². The highest BCUT2D eigenvalue weighted by molar-refractivity contribution is 6.33. The minimum Gasteiger partial charge on any atom is -0.350 e. The second kappa shape index (κ2) is 9.13. The van der Waals surface area contributed by atoms with Gasteiger partial charge in [0.25, 0.3) is 0 Å². The maximum Gasteiger partial charge on any atom is 0.247 e. The Balaban J connectivity index is 2.23. The number of benzene rings is 1. The van der Waals surface area contributed by atoms with Gasteiger partial charge in [-0.3, -0.25) is 4.79 Å². The molecule has 0 aliphatic carbocycles. The third-order valence-corrected chi connectivity index (χ3v) is 5.32. The van der Waals surface area contributed by atoms with Crippen LogP contribution in [0.2, 0.25) is 0 Å². The number of hydrazine groups is 1. The standard InChI is InChI=1S/C19H24ClF4N3O/c1-4-6-7-8-11-14(21)16(23)12(17(24)15(11)22)9-25-18(28)19(5-2)13(20)10-27(3)26-19/h10,26H,4-9H2,1-3H3,(H,25,28). The van der Waals surface area contributed by atoms with Crippen molar-refractivity contribution in [3.63, 3.8) is 0 Å². The molecule has 1 heterocycles. The summed E-state index contributed by atoms with van der Waals surface area (Å²) < 4.78 is 57.3. The zero-order valence-electron chi connectivity index (χ0n) is 16.1. The molecule has 0 saturated carbocycles. The van der Waals surface area contributed by atoms with Gasteiger partial charge in [-0.1, -0.05) is 38.3 Å². The van der Waals surface area contributed by atoms with Gasteiger partial charge >= 0.3 is 0 Å². The van der Waals surface area contributed by atoms with E-state index in [2.05, 4.69) is 10.7 Å². The molecule has 0 radical (unpaired) electrons. The van der Waals surface area contributed by atoms with Gasteiger partial charge in [0.05, 0.1) is 5.03 Å². The summed E-state index contributed by atoms with van der Waals surface area (Å²) in [5.41, 5.74) is 0.0846. The number of rotatable bonds is 8. The lowest BCUT2D eigenvalue weighted by molar-refractivity contribution is -0.127. The summed E-state index contributed by atoms with van der Waals surface area (Å²) in [5, 5.41) is 4.00. The maximum atomic E-state index is 14.4. The average Bonchev–Trinajstić information content (AvgIpc) is 2.97. The first kappa shape index (κ1) is 22.5. The van der Waals surface area contributed by atoms with Gasteiger partial charge in [0, 0.05) is 30.9 Å². The van der Waals surface area contributed by atoms with E-state index in [1.807, 2.05) is 6.92 Å². The summed E-state index contributed by atoms with van der Waals surface area (Å²) in [6, 6.07) is 0. The number of carbonyl (C=O) groups excluding carboxylic acids is 1. The third-order valence-electron chi connectivity index (χ3n) is 4.90. The van der Waals surface area contributed by atoms with Crippen LogP contribution in [0.3, 0.4) is 0 Å². The van der Waals surface area contributed by atoms with Crippen LogP contribution in [0, 0.1) is 23.3 Å². The highest BCUT2D eigenvalue weighted by atomic mass is 35.5. The normalized spacial score (nSPS) is 19.1. The van der Waals surface area contributed by atoms with E-state index < -0.39 is 52.4 Å².